The molecule has 4 nitrogen and oxygen atoms in total. The molecule has 0 fully saturated rings. The van der Waals surface area contributed by atoms with Crippen LogP contribution in [0.15, 0.2) is 16.2 Å². The molecule has 0 spiro atoms. The lowest BCUT2D eigenvalue weighted by Gasteiger charge is -2.21. The number of aryl methyl sites for hydroxylation is 1. The van der Waals surface area contributed by atoms with Gasteiger partial charge in [0.1, 0.15) is 0 Å². The predicted octanol–water partition coefficient (Wildman–Crippen LogP) is 3.48. The maximum atomic E-state index is 5.04. The van der Waals surface area contributed by atoms with Gasteiger partial charge in [0.2, 0.25) is 5.89 Å². The molecule has 106 valence electrons. The van der Waals surface area contributed by atoms with Crippen molar-refractivity contribution in [2.45, 2.75) is 58.9 Å². The Balaban J connectivity index is 1.83. The molecule has 4 heteroatoms. The molecule has 0 N–H and O–H groups in total. The second kappa shape index (κ2) is 7.43. The minimum atomic E-state index is 0.654. The van der Waals surface area contributed by atoms with E-state index in [0.29, 0.717) is 5.89 Å². The van der Waals surface area contributed by atoms with Crippen LogP contribution in [0.25, 0.3) is 0 Å². The summed E-state index contributed by atoms with van der Waals surface area (Å²) in [5, 5.41) is 3.99. The van der Waals surface area contributed by atoms with Gasteiger partial charge < -0.3 is 4.52 Å². The molecule has 0 atom stereocenters. The highest BCUT2D eigenvalue weighted by Gasteiger charge is 2.11. The smallest absolute Gasteiger partial charge is 0.223 e. The third-order valence-electron chi connectivity index (χ3n) is 3.61. The van der Waals surface area contributed by atoms with Gasteiger partial charge in [-0.25, -0.2) is 0 Å². The standard InChI is InChI=1S/C15H25N3O/c1-3-10-18(12-15-16-13(2)19-17-15)11-9-14-7-5-4-6-8-14/h7H,3-6,8-12H2,1-2H3. The summed E-state index contributed by atoms with van der Waals surface area (Å²) in [7, 11) is 0. The molecule has 0 aliphatic heterocycles. The predicted molar refractivity (Wildman–Crippen MR) is 75.8 cm³/mol. The Morgan fingerprint density at radius 1 is 1.32 bits per heavy atom. The zero-order chi connectivity index (χ0) is 13.5. The van der Waals surface area contributed by atoms with Crippen molar-refractivity contribution >= 4 is 0 Å². The zero-order valence-electron chi connectivity index (χ0n) is 12.2. The van der Waals surface area contributed by atoms with Gasteiger partial charge in [0, 0.05) is 13.5 Å². The van der Waals surface area contributed by atoms with Gasteiger partial charge in [-0.1, -0.05) is 23.7 Å². The summed E-state index contributed by atoms with van der Waals surface area (Å²) in [6, 6.07) is 0. The molecule has 0 amide bonds. The molecular weight excluding hydrogens is 238 g/mol. The molecule has 0 radical (unpaired) electrons. The van der Waals surface area contributed by atoms with Gasteiger partial charge in [0.05, 0.1) is 6.54 Å². The topological polar surface area (TPSA) is 42.2 Å². The van der Waals surface area contributed by atoms with Gasteiger partial charge >= 0.3 is 0 Å². The molecule has 1 aromatic heterocycles. The van der Waals surface area contributed by atoms with Crippen LogP contribution in [0.5, 0.6) is 0 Å². The summed E-state index contributed by atoms with van der Waals surface area (Å²) in [5.74, 6) is 1.46. The molecule has 0 saturated heterocycles. The number of allylic oxidation sites excluding steroid dienone is 1. The molecule has 19 heavy (non-hydrogen) atoms. The van der Waals surface area contributed by atoms with E-state index in [1.807, 2.05) is 6.92 Å². The van der Waals surface area contributed by atoms with Crippen molar-refractivity contribution in [3.05, 3.63) is 23.4 Å². The van der Waals surface area contributed by atoms with Gasteiger partial charge in [-0.05, 0) is 45.1 Å². The Labute approximate surface area is 115 Å². The van der Waals surface area contributed by atoms with Crippen LogP contribution < -0.4 is 0 Å². The Morgan fingerprint density at radius 3 is 2.84 bits per heavy atom. The first-order valence-electron chi connectivity index (χ1n) is 7.47. The van der Waals surface area contributed by atoms with Crippen molar-refractivity contribution in [2.75, 3.05) is 13.1 Å². The minimum Gasteiger partial charge on any atom is -0.340 e. The van der Waals surface area contributed by atoms with Gasteiger partial charge in [0.15, 0.2) is 5.82 Å². The average molecular weight is 263 g/mol. The molecule has 0 bridgehead atoms. The summed E-state index contributed by atoms with van der Waals surface area (Å²) in [6.07, 6.45) is 10.1. The fourth-order valence-electron chi connectivity index (χ4n) is 2.63. The van der Waals surface area contributed by atoms with E-state index >= 15 is 0 Å². The molecule has 0 aromatic carbocycles. The fourth-order valence-corrected chi connectivity index (χ4v) is 2.63. The van der Waals surface area contributed by atoms with E-state index in [2.05, 4.69) is 28.0 Å². The lowest BCUT2D eigenvalue weighted by Crippen LogP contribution is -2.26. The van der Waals surface area contributed by atoms with E-state index in [-0.39, 0.29) is 0 Å². The Morgan fingerprint density at radius 2 is 2.21 bits per heavy atom. The van der Waals surface area contributed by atoms with Crippen LogP contribution in [0.1, 0.15) is 57.2 Å². The summed E-state index contributed by atoms with van der Waals surface area (Å²) in [5.41, 5.74) is 1.64. The maximum absolute atomic E-state index is 5.04. The lowest BCUT2D eigenvalue weighted by molar-refractivity contribution is 0.256. The monoisotopic (exact) mass is 263 g/mol. The van der Waals surface area contributed by atoms with Crippen molar-refractivity contribution in [2.24, 2.45) is 0 Å². The van der Waals surface area contributed by atoms with Gasteiger partial charge in [0.25, 0.3) is 0 Å². The molecule has 1 aromatic rings. The number of nitrogens with zero attached hydrogens (tertiary/aromatic N) is 3. The Hall–Kier alpha value is -1.16. The SMILES string of the molecule is CCCN(CCC1=CCCCC1)Cc1noc(C)n1. The van der Waals surface area contributed by atoms with Crippen LogP contribution >= 0.6 is 0 Å². The number of aromatic nitrogens is 2. The van der Waals surface area contributed by atoms with E-state index in [1.54, 1.807) is 5.57 Å². The molecule has 1 heterocycles. The second-order valence-electron chi connectivity index (χ2n) is 5.36. The second-order valence-corrected chi connectivity index (χ2v) is 5.36. The summed E-state index contributed by atoms with van der Waals surface area (Å²) in [4.78, 5) is 6.72. The third-order valence-corrected chi connectivity index (χ3v) is 3.61. The van der Waals surface area contributed by atoms with E-state index in [9.17, 15) is 0 Å². The first kappa shape index (κ1) is 14.3. The largest absolute Gasteiger partial charge is 0.340 e. The summed E-state index contributed by atoms with van der Waals surface area (Å²) in [6.45, 7) is 7.06. The van der Waals surface area contributed by atoms with Gasteiger partial charge in [-0.15, -0.1) is 0 Å². The van der Waals surface area contributed by atoms with Crippen molar-refractivity contribution in [3.63, 3.8) is 0 Å². The van der Waals surface area contributed by atoms with Crippen LogP contribution in [0.2, 0.25) is 0 Å². The zero-order valence-corrected chi connectivity index (χ0v) is 12.2. The normalized spacial score (nSPS) is 15.8. The van der Waals surface area contributed by atoms with Crippen molar-refractivity contribution < 1.29 is 4.52 Å². The van der Waals surface area contributed by atoms with Crippen LogP contribution in [-0.4, -0.2) is 28.1 Å². The first-order chi connectivity index (χ1) is 9.28. The maximum Gasteiger partial charge on any atom is 0.223 e. The van der Waals surface area contributed by atoms with Crippen LogP contribution in [-0.2, 0) is 6.54 Å². The highest BCUT2D eigenvalue weighted by atomic mass is 16.5. The highest BCUT2D eigenvalue weighted by molar-refractivity contribution is 5.05. The van der Waals surface area contributed by atoms with Crippen LogP contribution in [0, 0.1) is 6.92 Å². The third kappa shape index (κ3) is 4.78. The minimum absolute atomic E-state index is 0.654. The molecular formula is C15H25N3O. The van der Waals surface area contributed by atoms with E-state index in [1.165, 1.54) is 32.1 Å². The lowest BCUT2D eigenvalue weighted by atomic mass is 9.97. The van der Waals surface area contributed by atoms with E-state index in [4.69, 9.17) is 4.52 Å². The average Bonchev–Trinajstić information content (AvgIpc) is 2.83. The van der Waals surface area contributed by atoms with Gasteiger partial charge in [-0.3, -0.25) is 4.90 Å². The summed E-state index contributed by atoms with van der Waals surface area (Å²) < 4.78 is 5.04. The van der Waals surface area contributed by atoms with Crippen molar-refractivity contribution in [3.8, 4) is 0 Å². The van der Waals surface area contributed by atoms with Crippen LogP contribution in [0.3, 0.4) is 0 Å². The van der Waals surface area contributed by atoms with Gasteiger partial charge in [-0.2, -0.15) is 4.98 Å². The number of rotatable bonds is 7. The Bertz CT molecular complexity index is 411. The number of hydrogen-bond donors (Lipinski definition) is 0. The molecule has 0 unspecified atom stereocenters. The fraction of sp³-hybridized carbons (Fsp3) is 0.733. The first-order valence-corrected chi connectivity index (χ1v) is 7.47. The molecule has 1 aliphatic rings. The van der Waals surface area contributed by atoms with Crippen molar-refractivity contribution in [1.29, 1.82) is 0 Å². The molecule has 2 rings (SSSR count). The number of hydrogen-bond acceptors (Lipinski definition) is 4. The van der Waals surface area contributed by atoms with Crippen LogP contribution in [0.4, 0.5) is 0 Å². The van der Waals surface area contributed by atoms with E-state index in [0.717, 1.165) is 31.9 Å². The summed E-state index contributed by atoms with van der Waals surface area (Å²) >= 11 is 0. The van der Waals surface area contributed by atoms with E-state index < -0.39 is 0 Å². The molecule has 0 saturated carbocycles. The van der Waals surface area contributed by atoms with Crippen molar-refractivity contribution in [1.82, 2.24) is 15.0 Å². The highest BCUT2D eigenvalue weighted by Crippen LogP contribution is 2.20. The molecule has 1 aliphatic carbocycles. The quantitative estimate of drug-likeness (QED) is 0.706. The Kier molecular flexibility index (Phi) is 5.58.